The Morgan fingerprint density at radius 2 is 1.76 bits per heavy atom. The number of rotatable bonds is 7. The molecule has 1 aromatic rings. The molecule has 1 rings (SSSR count). The van der Waals surface area contributed by atoms with E-state index in [2.05, 4.69) is 15.6 Å². The first-order valence-electron chi connectivity index (χ1n) is 7.45. The number of hydrogen-bond acceptors (Lipinski definition) is 5. The van der Waals surface area contributed by atoms with Crippen molar-refractivity contribution in [2.45, 2.75) is 24.8 Å². The number of guanidine groups is 1. The van der Waals surface area contributed by atoms with Gasteiger partial charge in [0, 0.05) is 32.6 Å². The molecule has 0 aliphatic heterocycles. The van der Waals surface area contributed by atoms with Crippen molar-refractivity contribution in [3.8, 4) is 0 Å². The van der Waals surface area contributed by atoms with Crippen molar-refractivity contribution >= 4 is 49.6 Å². The van der Waals surface area contributed by atoms with Crippen LogP contribution in [0.25, 0.3) is 0 Å². The average molecular weight is 503 g/mol. The van der Waals surface area contributed by atoms with Crippen LogP contribution in [-0.2, 0) is 26.2 Å². The molecule has 25 heavy (non-hydrogen) atoms. The molecule has 0 saturated carbocycles. The maximum atomic E-state index is 11.6. The zero-order valence-corrected chi connectivity index (χ0v) is 18.8. The fourth-order valence-corrected chi connectivity index (χ4v) is 3.81. The van der Waals surface area contributed by atoms with E-state index >= 15 is 0 Å². The maximum absolute atomic E-state index is 11.6. The minimum absolute atomic E-state index is 0. The van der Waals surface area contributed by atoms with Crippen molar-refractivity contribution in [3.05, 3.63) is 29.3 Å². The summed E-state index contributed by atoms with van der Waals surface area (Å²) in [5, 5.41) is 6.15. The number of nitrogens with zero attached hydrogens (tertiary/aromatic N) is 1. The van der Waals surface area contributed by atoms with Crippen molar-refractivity contribution in [1.82, 2.24) is 10.6 Å². The number of aryl methyl sites for hydroxylation is 1. The fourth-order valence-electron chi connectivity index (χ4n) is 2.19. The second-order valence-corrected chi connectivity index (χ2v) is 9.95. The van der Waals surface area contributed by atoms with Crippen LogP contribution in [-0.4, -0.2) is 54.7 Å². The molecule has 0 unspecified atom stereocenters. The van der Waals surface area contributed by atoms with Crippen LogP contribution in [0.2, 0.25) is 0 Å². The highest BCUT2D eigenvalue weighted by atomic mass is 127. The highest BCUT2D eigenvalue weighted by Crippen LogP contribution is 2.16. The number of aliphatic imine (C=N–C) groups is 1. The highest BCUT2D eigenvalue weighted by molar-refractivity contribution is 14.0. The van der Waals surface area contributed by atoms with Gasteiger partial charge in [-0.15, -0.1) is 24.0 Å². The maximum Gasteiger partial charge on any atom is 0.191 e. The summed E-state index contributed by atoms with van der Waals surface area (Å²) in [6.07, 6.45) is 2.90. The fraction of sp³-hybridized carbons (Fsp3) is 0.533. The van der Waals surface area contributed by atoms with E-state index in [1.54, 1.807) is 26.1 Å². The van der Waals surface area contributed by atoms with Gasteiger partial charge in [0.15, 0.2) is 15.8 Å². The van der Waals surface area contributed by atoms with Crippen LogP contribution in [0.4, 0.5) is 0 Å². The van der Waals surface area contributed by atoms with E-state index in [1.807, 2.05) is 6.07 Å². The third-order valence-electron chi connectivity index (χ3n) is 3.31. The molecule has 0 saturated heterocycles. The van der Waals surface area contributed by atoms with Gasteiger partial charge in [-0.05, 0) is 30.5 Å². The van der Waals surface area contributed by atoms with E-state index in [9.17, 15) is 16.8 Å². The van der Waals surface area contributed by atoms with Gasteiger partial charge in [-0.2, -0.15) is 0 Å². The molecule has 0 amide bonds. The van der Waals surface area contributed by atoms with Gasteiger partial charge < -0.3 is 10.6 Å². The number of sulfone groups is 2. The van der Waals surface area contributed by atoms with Crippen LogP contribution in [0, 0.1) is 6.92 Å². The summed E-state index contributed by atoms with van der Waals surface area (Å²) in [5.74, 6) is 0.691. The van der Waals surface area contributed by atoms with Crippen molar-refractivity contribution in [3.63, 3.8) is 0 Å². The van der Waals surface area contributed by atoms with Gasteiger partial charge in [-0.25, -0.2) is 16.8 Å². The van der Waals surface area contributed by atoms with Gasteiger partial charge in [0.1, 0.15) is 9.84 Å². The summed E-state index contributed by atoms with van der Waals surface area (Å²) in [6.45, 7) is 2.74. The Hall–Kier alpha value is -0.880. The van der Waals surface area contributed by atoms with Crippen LogP contribution in [0.1, 0.15) is 17.5 Å². The summed E-state index contributed by atoms with van der Waals surface area (Å²) in [5.41, 5.74) is 1.63. The molecule has 0 aromatic heterocycles. The zero-order valence-electron chi connectivity index (χ0n) is 14.9. The third kappa shape index (κ3) is 9.40. The molecule has 0 spiro atoms. The lowest BCUT2D eigenvalue weighted by atomic mass is 10.1. The summed E-state index contributed by atoms with van der Waals surface area (Å²) in [4.78, 5) is 4.39. The second-order valence-electron chi connectivity index (χ2n) is 5.71. The zero-order chi connectivity index (χ0) is 18.4. The van der Waals surface area contributed by atoms with E-state index in [0.717, 1.165) is 5.56 Å². The lowest BCUT2D eigenvalue weighted by Crippen LogP contribution is -2.37. The first-order chi connectivity index (χ1) is 11.0. The molecule has 7 nitrogen and oxygen atoms in total. The summed E-state index contributed by atoms with van der Waals surface area (Å²) in [7, 11) is -4.54. The van der Waals surface area contributed by atoms with E-state index in [4.69, 9.17) is 0 Å². The third-order valence-corrected chi connectivity index (χ3v) is 5.59. The Morgan fingerprint density at radius 3 is 2.24 bits per heavy atom. The topological polar surface area (TPSA) is 105 Å². The molecular formula is C15H26IN3O4S2. The average Bonchev–Trinajstić information content (AvgIpc) is 2.44. The van der Waals surface area contributed by atoms with E-state index in [0.29, 0.717) is 35.9 Å². The normalized spacial score (nSPS) is 12.4. The minimum atomic E-state index is -3.22. The van der Waals surface area contributed by atoms with Crippen LogP contribution in [0.3, 0.4) is 0 Å². The molecule has 0 aliphatic carbocycles. The van der Waals surface area contributed by atoms with Crippen LogP contribution in [0.5, 0.6) is 0 Å². The van der Waals surface area contributed by atoms with Gasteiger partial charge in [0.2, 0.25) is 0 Å². The monoisotopic (exact) mass is 503 g/mol. The summed E-state index contributed by atoms with van der Waals surface area (Å²) in [6, 6.07) is 5.18. The number of benzene rings is 1. The van der Waals surface area contributed by atoms with Gasteiger partial charge in [0.25, 0.3) is 0 Å². The van der Waals surface area contributed by atoms with E-state index in [-0.39, 0.29) is 29.7 Å². The van der Waals surface area contributed by atoms with E-state index < -0.39 is 19.7 Å². The largest absolute Gasteiger partial charge is 0.356 e. The standard InChI is InChI=1S/C15H25N3O4S2.HI/c1-12-10-13(6-7-14(12)24(4,21)22)11-18-15(16-2)17-8-5-9-23(3,19)20;/h6-7,10H,5,8-9,11H2,1-4H3,(H2,16,17,18);1H. The van der Waals surface area contributed by atoms with Gasteiger partial charge in [-0.3, -0.25) is 4.99 Å². The lowest BCUT2D eigenvalue weighted by Gasteiger charge is -2.13. The molecule has 0 atom stereocenters. The van der Waals surface area contributed by atoms with Gasteiger partial charge in [-0.1, -0.05) is 12.1 Å². The highest BCUT2D eigenvalue weighted by Gasteiger charge is 2.11. The van der Waals surface area contributed by atoms with Crippen LogP contribution in [0.15, 0.2) is 28.1 Å². The van der Waals surface area contributed by atoms with Crippen molar-refractivity contribution in [1.29, 1.82) is 0 Å². The Balaban J connectivity index is 0.00000576. The number of halogens is 1. The molecule has 144 valence electrons. The summed E-state index contributed by atoms with van der Waals surface area (Å²) < 4.78 is 45.4. The Bertz CT molecular complexity index is 806. The Labute approximate surface area is 167 Å². The second kappa shape index (κ2) is 10.3. The molecule has 2 N–H and O–H groups in total. The van der Waals surface area contributed by atoms with Crippen molar-refractivity contribution < 1.29 is 16.8 Å². The van der Waals surface area contributed by atoms with Crippen LogP contribution >= 0.6 is 24.0 Å². The molecule has 0 radical (unpaired) electrons. The van der Waals surface area contributed by atoms with Crippen molar-refractivity contribution in [2.24, 2.45) is 4.99 Å². The number of nitrogens with one attached hydrogen (secondary N) is 2. The molecule has 0 bridgehead atoms. The smallest absolute Gasteiger partial charge is 0.191 e. The predicted molar refractivity (Wildman–Crippen MR) is 112 cm³/mol. The van der Waals surface area contributed by atoms with Crippen molar-refractivity contribution in [2.75, 3.05) is 31.9 Å². The minimum Gasteiger partial charge on any atom is -0.356 e. The van der Waals surface area contributed by atoms with Gasteiger partial charge >= 0.3 is 0 Å². The lowest BCUT2D eigenvalue weighted by molar-refractivity contribution is 0.597. The van der Waals surface area contributed by atoms with Crippen LogP contribution < -0.4 is 10.6 Å². The first-order valence-corrected chi connectivity index (χ1v) is 11.4. The first kappa shape index (κ1) is 24.1. The molecule has 0 fully saturated rings. The number of hydrogen-bond donors (Lipinski definition) is 2. The SMILES string of the molecule is CN=C(NCCCS(C)(=O)=O)NCc1ccc(S(C)(=O)=O)c(C)c1.I. The Kier molecular flexibility index (Phi) is 9.95. The quantitative estimate of drug-likeness (QED) is 0.250. The molecule has 1 aromatic carbocycles. The Morgan fingerprint density at radius 1 is 1.12 bits per heavy atom. The molecule has 10 heteroatoms. The predicted octanol–water partition coefficient (Wildman–Crippen LogP) is 1.12. The molecular weight excluding hydrogens is 477 g/mol. The molecule has 0 heterocycles. The molecule has 0 aliphatic rings. The summed E-state index contributed by atoms with van der Waals surface area (Å²) >= 11 is 0. The van der Waals surface area contributed by atoms with Gasteiger partial charge in [0.05, 0.1) is 10.6 Å². The van der Waals surface area contributed by atoms with E-state index in [1.165, 1.54) is 12.5 Å².